The van der Waals surface area contributed by atoms with Gasteiger partial charge in [0.15, 0.2) is 0 Å². The van der Waals surface area contributed by atoms with Crippen molar-refractivity contribution in [1.82, 2.24) is 0 Å². The second-order valence-corrected chi connectivity index (χ2v) is 22.5. The summed E-state index contributed by atoms with van der Waals surface area (Å²) in [5.74, 6) is 8.69. The molecule has 7 aromatic rings. The van der Waals surface area contributed by atoms with Crippen molar-refractivity contribution in [1.29, 1.82) is 0 Å². The van der Waals surface area contributed by atoms with E-state index in [9.17, 15) is 0 Å². The van der Waals surface area contributed by atoms with Gasteiger partial charge in [0.1, 0.15) is 120 Å². The summed E-state index contributed by atoms with van der Waals surface area (Å²) in [7, 11) is 0. The zero-order valence-electron chi connectivity index (χ0n) is 55.3. The fourth-order valence-electron chi connectivity index (χ4n) is 9.24. The minimum absolute atomic E-state index is 0.152. The van der Waals surface area contributed by atoms with Crippen molar-refractivity contribution in [2.24, 2.45) is 0 Å². The molecule has 0 heterocycles. The van der Waals surface area contributed by atoms with Crippen LogP contribution >= 0.6 is 15.9 Å². The van der Waals surface area contributed by atoms with Crippen molar-refractivity contribution < 1.29 is 66.3 Å². The molecular formula is C81H91BrO14. The van der Waals surface area contributed by atoms with Gasteiger partial charge in [-0.15, -0.1) is 52.6 Å². The van der Waals surface area contributed by atoms with Crippen molar-refractivity contribution >= 4 is 15.9 Å². The van der Waals surface area contributed by atoms with Crippen LogP contribution in [-0.4, -0.2) is 52.9 Å². The van der Waals surface area contributed by atoms with Gasteiger partial charge in [-0.05, 0) is 175 Å². The summed E-state index contributed by atoms with van der Waals surface area (Å²) in [6.07, 6.45) is 20.1. The van der Waals surface area contributed by atoms with E-state index >= 15 is 0 Å². The molecule has 0 amide bonds. The summed E-state index contributed by atoms with van der Waals surface area (Å²) < 4.78 is 88.3. The molecule has 14 nitrogen and oxygen atoms in total. The maximum absolute atomic E-state index is 6.64. The summed E-state index contributed by atoms with van der Waals surface area (Å²) in [5.41, 5.74) is 5.90. The van der Waals surface area contributed by atoms with Gasteiger partial charge in [0.05, 0.1) is 52.9 Å². The maximum Gasteiger partial charge on any atom is 0.123 e. The lowest BCUT2D eigenvalue weighted by Gasteiger charge is -2.17. The first-order valence-electron chi connectivity index (χ1n) is 32.3. The fourth-order valence-corrected chi connectivity index (χ4v) is 9.56. The number of alkyl halides is 1. The molecule has 0 spiro atoms. The molecule has 0 aliphatic carbocycles. The first-order valence-corrected chi connectivity index (χ1v) is 33.4. The van der Waals surface area contributed by atoms with Crippen LogP contribution in [0.1, 0.15) is 90.3 Å². The molecule has 0 aromatic heterocycles. The minimum atomic E-state index is 0.152. The number of halogens is 1. The van der Waals surface area contributed by atoms with Gasteiger partial charge in [-0.2, -0.15) is 0 Å². The molecule has 0 atom stereocenters. The molecule has 506 valence electrons. The lowest BCUT2D eigenvalue weighted by atomic mass is 10.1. The quantitative estimate of drug-likeness (QED) is 0.0204. The summed E-state index contributed by atoms with van der Waals surface area (Å²) in [6.45, 7) is 35.6. The molecule has 0 bridgehead atoms. The Hall–Kier alpha value is -9.86. The highest BCUT2D eigenvalue weighted by Gasteiger charge is 2.15. The zero-order chi connectivity index (χ0) is 67.8. The third-order valence-electron chi connectivity index (χ3n) is 13.9. The van der Waals surface area contributed by atoms with Crippen LogP contribution in [-0.2, 0) is 45.0 Å². The summed E-state index contributed by atoms with van der Waals surface area (Å²) >= 11 is 3.69. The Bertz CT molecular complexity index is 3060. The van der Waals surface area contributed by atoms with E-state index in [0.717, 1.165) is 38.9 Å². The van der Waals surface area contributed by atoms with E-state index in [1.54, 1.807) is 0 Å². The van der Waals surface area contributed by atoms with E-state index in [-0.39, 0.29) is 39.6 Å². The number of rotatable bonds is 51. The number of benzene rings is 7. The average molecular weight is 1370 g/mol. The average Bonchev–Trinajstić information content (AvgIpc) is 1.11. The molecule has 0 saturated carbocycles. The fraction of sp³-hybridized carbons (Fsp3) is 0.284. The molecule has 0 unspecified atom stereocenters. The van der Waals surface area contributed by atoms with Crippen molar-refractivity contribution in [2.45, 2.75) is 96.3 Å². The van der Waals surface area contributed by atoms with Crippen LogP contribution in [0.3, 0.4) is 0 Å². The Kier molecular flexibility index (Phi) is 32.5. The van der Waals surface area contributed by atoms with E-state index in [1.165, 1.54) is 0 Å². The van der Waals surface area contributed by atoms with Gasteiger partial charge in [-0.1, -0.05) is 64.5 Å². The molecule has 0 aliphatic heterocycles. The molecule has 0 radical (unpaired) electrons. The number of ether oxygens (including phenoxy) is 14. The Balaban J connectivity index is 1.15. The van der Waals surface area contributed by atoms with Gasteiger partial charge in [0, 0.05) is 47.8 Å². The van der Waals surface area contributed by atoms with Gasteiger partial charge in [0.25, 0.3) is 0 Å². The van der Waals surface area contributed by atoms with Gasteiger partial charge in [-0.25, -0.2) is 0 Å². The zero-order valence-corrected chi connectivity index (χ0v) is 56.8. The third kappa shape index (κ3) is 27.2. The minimum Gasteiger partial charge on any atom is -0.493 e. The van der Waals surface area contributed by atoms with Crippen molar-refractivity contribution in [2.75, 3.05) is 52.9 Å². The molecule has 0 saturated heterocycles. The number of hydrogen-bond donors (Lipinski definition) is 0. The highest BCUT2D eigenvalue weighted by molar-refractivity contribution is 9.08. The monoisotopic (exact) mass is 1370 g/mol. The lowest BCUT2D eigenvalue weighted by molar-refractivity contribution is 0.273. The van der Waals surface area contributed by atoms with E-state index < -0.39 is 0 Å². The summed E-state index contributed by atoms with van der Waals surface area (Å²) in [6, 6.07) is 40.4. The maximum atomic E-state index is 6.64. The molecule has 7 rings (SSSR count). The standard InChI is InChI=1S/C81H91BrO14/c1-9-17-25-83-68-35-62(36-69(47-68)84-26-18-10-2)55-93-78-43-66(44-79(52-78)94-56-63-37-70(85-27-19-11-3)48-71(38-63)86-28-20-12-4)59-91-76-33-61(54-82)34-77(51-76)92-60-67-45-80(95-57-64-39-72(87-29-21-13-5)49-73(40-64)88-30-22-14-6)53-81(46-67)96-58-65-41-74(89-31-23-15-7)50-75(42-65)90-32-24-16-8/h9-16,33-53H,1-8,17-32,54-60H2. The van der Waals surface area contributed by atoms with E-state index in [0.29, 0.717) is 190 Å². The van der Waals surface area contributed by atoms with Crippen LogP contribution in [0, 0.1) is 0 Å². The number of hydrogen-bond acceptors (Lipinski definition) is 14. The van der Waals surface area contributed by atoms with Crippen molar-refractivity contribution in [3.05, 3.63) is 268 Å². The largest absolute Gasteiger partial charge is 0.493 e. The van der Waals surface area contributed by atoms with Gasteiger partial charge >= 0.3 is 0 Å². The van der Waals surface area contributed by atoms with Crippen LogP contribution in [0.2, 0.25) is 0 Å². The van der Waals surface area contributed by atoms with Crippen LogP contribution in [0.25, 0.3) is 0 Å². The molecule has 0 N–H and O–H groups in total. The molecule has 15 heteroatoms. The second kappa shape index (κ2) is 42.5. The van der Waals surface area contributed by atoms with Crippen LogP contribution in [0.4, 0.5) is 0 Å². The third-order valence-corrected chi connectivity index (χ3v) is 14.5. The van der Waals surface area contributed by atoms with E-state index in [1.807, 2.05) is 176 Å². The first kappa shape index (κ1) is 73.5. The topological polar surface area (TPSA) is 129 Å². The van der Waals surface area contributed by atoms with Crippen LogP contribution < -0.4 is 66.3 Å². The van der Waals surface area contributed by atoms with Gasteiger partial charge in [-0.3, -0.25) is 0 Å². The molecule has 0 fully saturated rings. The summed E-state index contributed by atoms with van der Waals surface area (Å²) in [4.78, 5) is 0. The Morgan fingerprint density at radius 2 is 0.312 bits per heavy atom. The molecule has 7 aromatic carbocycles. The van der Waals surface area contributed by atoms with Crippen molar-refractivity contribution in [3.8, 4) is 80.5 Å². The van der Waals surface area contributed by atoms with Crippen LogP contribution in [0.5, 0.6) is 80.5 Å². The van der Waals surface area contributed by atoms with E-state index in [4.69, 9.17) is 66.3 Å². The Morgan fingerprint density at radius 1 is 0.188 bits per heavy atom. The smallest absolute Gasteiger partial charge is 0.123 e. The Morgan fingerprint density at radius 3 is 0.438 bits per heavy atom. The second-order valence-electron chi connectivity index (χ2n) is 22.0. The Labute approximate surface area is 576 Å². The van der Waals surface area contributed by atoms with Gasteiger partial charge < -0.3 is 66.3 Å². The lowest BCUT2D eigenvalue weighted by Crippen LogP contribution is -2.04. The predicted molar refractivity (Wildman–Crippen MR) is 386 cm³/mol. The molecule has 96 heavy (non-hydrogen) atoms. The predicted octanol–water partition coefficient (Wildman–Crippen LogP) is 19.7. The van der Waals surface area contributed by atoms with E-state index in [2.05, 4.69) is 68.6 Å². The molecule has 0 aliphatic rings. The summed E-state index contributed by atoms with van der Waals surface area (Å²) in [5, 5.41) is 0.537. The van der Waals surface area contributed by atoms with Crippen molar-refractivity contribution in [3.63, 3.8) is 0 Å². The highest BCUT2D eigenvalue weighted by Crippen LogP contribution is 2.34. The SMILES string of the molecule is C=CCCOc1cc(COc2cc(COc3cc(CBr)cc(OCc4cc(OCc5cc(OCCC=C)cc(OCCC=C)c5)cc(OCc5cc(OCCC=C)cc(OCCC=C)c5)c4)c3)cc(OCc3cc(OCCC=C)cc(OCCC=C)c3)c2)cc(OCCC=C)c1. The normalized spacial score (nSPS) is 10.6. The molecular weight excluding hydrogens is 1280 g/mol. The van der Waals surface area contributed by atoms with Gasteiger partial charge in [0.2, 0.25) is 0 Å². The van der Waals surface area contributed by atoms with Crippen LogP contribution in [0.15, 0.2) is 229 Å². The first-order chi connectivity index (χ1) is 47.1. The highest BCUT2D eigenvalue weighted by atomic mass is 79.9.